The summed E-state index contributed by atoms with van der Waals surface area (Å²) < 4.78 is 21.0. The van der Waals surface area contributed by atoms with E-state index in [0.29, 0.717) is 34.9 Å². The molecule has 4 rings (SSSR count). The van der Waals surface area contributed by atoms with Crippen molar-refractivity contribution in [1.29, 1.82) is 0 Å². The predicted octanol–water partition coefficient (Wildman–Crippen LogP) is 2.04. The predicted molar refractivity (Wildman–Crippen MR) is 147 cm³/mol. The molecule has 3 aromatic rings. The van der Waals surface area contributed by atoms with Crippen LogP contribution >= 0.6 is 0 Å². The molecule has 0 radical (unpaired) electrons. The van der Waals surface area contributed by atoms with E-state index >= 15 is 0 Å². The topological polar surface area (TPSA) is 162 Å². The maximum Gasteiger partial charge on any atom is 0.284 e. The van der Waals surface area contributed by atoms with Crippen molar-refractivity contribution in [3.8, 4) is 17.4 Å². The van der Waals surface area contributed by atoms with E-state index in [-0.39, 0.29) is 36.5 Å². The molecule has 0 bridgehead atoms. The SMILES string of the molecule is COc1ccc(C(=O)CC(=O)N2CCN(c3nc(N)c4cc(OC)c(OC)cc4n3)C[C@H]2C(=O)NC(C)(C)C)o1. The zero-order valence-corrected chi connectivity index (χ0v) is 23.4. The zero-order chi connectivity index (χ0) is 29.2. The number of nitrogens with two attached hydrogens (primary N) is 1. The van der Waals surface area contributed by atoms with Crippen molar-refractivity contribution in [3.05, 3.63) is 30.0 Å². The van der Waals surface area contributed by atoms with Crippen LogP contribution in [0.15, 0.2) is 28.7 Å². The van der Waals surface area contributed by atoms with Gasteiger partial charge in [-0.05, 0) is 32.9 Å². The van der Waals surface area contributed by atoms with Crippen LogP contribution in [-0.2, 0) is 9.59 Å². The van der Waals surface area contributed by atoms with Crippen LogP contribution in [0.2, 0.25) is 0 Å². The molecule has 13 heteroatoms. The number of hydrogen-bond donors (Lipinski definition) is 2. The fraction of sp³-hybridized carbons (Fsp3) is 0.444. The van der Waals surface area contributed by atoms with E-state index in [2.05, 4.69) is 15.3 Å². The molecule has 1 saturated heterocycles. The van der Waals surface area contributed by atoms with Crippen molar-refractivity contribution >= 4 is 40.3 Å². The Kier molecular flexibility index (Phi) is 8.03. The third-order valence-electron chi connectivity index (χ3n) is 6.37. The highest BCUT2D eigenvalue weighted by molar-refractivity contribution is 6.06. The molecule has 1 aliphatic rings. The number of benzene rings is 1. The number of anilines is 2. The van der Waals surface area contributed by atoms with Gasteiger partial charge in [-0.25, -0.2) is 4.98 Å². The van der Waals surface area contributed by atoms with Crippen molar-refractivity contribution in [1.82, 2.24) is 20.2 Å². The Balaban J connectivity index is 1.61. The summed E-state index contributed by atoms with van der Waals surface area (Å²) in [6.45, 7) is 6.10. The number of nitrogens with one attached hydrogen (secondary N) is 1. The summed E-state index contributed by atoms with van der Waals surface area (Å²) in [5.41, 5.74) is 6.27. The van der Waals surface area contributed by atoms with E-state index in [0.717, 1.165) is 0 Å². The van der Waals surface area contributed by atoms with Crippen LogP contribution in [0, 0.1) is 0 Å². The molecule has 1 fully saturated rings. The largest absolute Gasteiger partial charge is 0.493 e. The van der Waals surface area contributed by atoms with Crippen LogP contribution in [0.25, 0.3) is 10.9 Å². The summed E-state index contributed by atoms with van der Waals surface area (Å²) in [6, 6.07) is 5.44. The highest BCUT2D eigenvalue weighted by Gasteiger charge is 2.38. The van der Waals surface area contributed by atoms with E-state index in [1.54, 1.807) is 17.0 Å². The molecule has 1 atom stereocenters. The minimum atomic E-state index is -0.912. The number of carbonyl (C=O) groups is 3. The summed E-state index contributed by atoms with van der Waals surface area (Å²) in [5, 5.41) is 3.52. The van der Waals surface area contributed by atoms with Crippen LogP contribution in [0.5, 0.6) is 17.4 Å². The molecule has 0 saturated carbocycles. The standard InChI is InChI=1S/C27H34N6O7/c1-27(2,3)31-25(36)17-14-32(9-10-33(17)22(35)13-18(34)19-7-8-23(39-6)40-19)26-29-16-12-21(38-5)20(37-4)11-15(16)24(28)30-26/h7-8,11-12,17H,9-10,13-14H2,1-6H3,(H,31,36)(H2,28,29,30)/t17-/m0/s1. The first kappa shape index (κ1) is 28.5. The van der Waals surface area contributed by atoms with Crippen LogP contribution in [0.3, 0.4) is 0 Å². The molecule has 13 nitrogen and oxygen atoms in total. The average molecular weight is 555 g/mol. The third kappa shape index (κ3) is 6.03. The summed E-state index contributed by atoms with van der Waals surface area (Å²) in [4.78, 5) is 51.8. The summed E-state index contributed by atoms with van der Waals surface area (Å²) in [5.74, 6) is 0.307. The number of piperazine rings is 1. The number of rotatable bonds is 8. The molecule has 3 N–H and O–H groups in total. The lowest BCUT2D eigenvalue weighted by molar-refractivity contribution is -0.141. The molecule has 0 aliphatic carbocycles. The Bertz CT molecular complexity index is 1430. The Morgan fingerprint density at radius 1 is 1.05 bits per heavy atom. The number of fused-ring (bicyclic) bond motifs is 1. The number of methoxy groups -OCH3 is 3. The van der Waals surface area contributed by atoms with Gasteiger partial charge in [0.1, 0.15) is 11.9 Å². The van der Waals surface area contributed by atoms with Gasteiger partial charge in [-0.2, -0.15) is 4.98 Å². The molecule has 0 spiro atoms. The van der Waals surface area contributed by atoms with Crippen LogP contribution in [0.4, 0.5) is 11.8 Å². The van der Waals surface area contributed by atoms with Gasteiger partial charge in [-0.15, -0.1) is 0 Å². The smallest absolute Gasteiger partial charge is 0.284 e. The lowest BCUT2D eigenvalue weighted by Gasteiger charge is -2.41. The van der Waals surface area contributed by atoms with Gasteiger partial charge >= 0.3 is 0 Å². The number of amides is 2. The van der Waals surface area contributed by atoms with Gasteiger partial charge in [0.15, 0.2) is 17.3 Å². The summed E-state index contributed by atoms with van der Waals surface area (Å²) in [7, 11) is 4.46. The fourth-order valence-electron chi connectivity index (χ4n) is 4.45. The molecule has 0 unspecified atom stereocenters. The van der Waals surface area contributed by atoms with Crippen molar-refractivity contribution in [2.75, 3.05) is 51.6 Å². The number of nitrogen functional groups attached to an aromatic ring is 1. The van der Waals surface area contributed by atoms with E-state index < -0.39 is 29.7 Å². The highest BCUT2D eigenvalue weighted by atomic mass is 16.6. The molecule has 40 heavy (non-hydrogen) atoms. The minimum Gasteiger partial charge on any atom is -0.493 e. The molecule has 1 aliphatic heterocycles. The summed E-state index contributed by atoms with van der Waals surface area (Å²) >= 11 is 0. The van der Waals surface area contributed by atoms with Crippen LogP contribution in [-0.4, -0.2) is 85.0 Å². The van der Waals surface area contributed by atoms with E-state index in [1.165, 1.54) is 38.4 Å². The molecule has 2 aromatic heterocycles. The summed E-state index contributed by atoms with van der Waals surface area (Å²) in [6.07, 6.45) is -0.461. The van der Waals surface area contributed by atoms with Crippen molar-refractivity contribution in [2.45, 2.75) is 38.8 Å². The fourth-order valence-corrected chi connectivity index (χ4v) is 4.45. The van der Waals surface area contributed by atoms with Gasteiger partial charge in [-0.1, -0.05) is 0 Å². The van der Waals surface area contributed by atoms with Crippen LogP contribution < -0.4 is 30.2 Å². The maximum atomic E-state index is 13.4. The van der Waals surface area contributed by atoms with E-state index in [1.807, 2.05) is 20.8 Å². The van der Waals surface area contributed by atoms with Gasteiger partial charge < -0.3 is 39.5 Å². The number of hydrogen-bond acceptors (Lipinski definition) is 11. The second-order valence-corrected chi connectivity index (χ2v) is 10.3. The monoisotopic (exact) mass is 554 g/mol. The van der Waals surface area contributed by atoms with E-state index in [9.17, 15) is 14.4 Å². The first-order valence-electron chi connectivity index (χ1n) is 12.7. The van der Waals surface area contributed by atoms with Crippen molar-refractivity contribution < 1.29 is 33.0 Å². The zero-order valence-electron chi connectivity index (χ0n) is 23.4. The maximum absolute atomic E-state index is 13.4. The highest BCUT2D eigenvalue weighted by Crippen LogP contribution is 2.34. The first-order valence-corrected chi connectivity index (χ1v) is 12.7. The number of Topliss-reactive ketones (excluding diaryl/α,β-unsaturated/α-hetero) is 1. The van der Waals surface area contributed by atoms with Gasteiger partial charge in [0.05, 0.1) is 39.8 Å². The number of furan rings is 1. The van der Waals surface area contributed by atoms with Crippen LogP contribution in [0.1, 0.15) is 37.7 Å². The third-order valence-corrected chi connectivity index (χ3v) is 6.37. The van der Waals surface area contributed by atoms with Gasteiger partial charge in [-0.3, -0.25) is 14.4 Å². The molecule has 214 valence electrons. The number of ether oxygens (including phenoxy) is 3. The average Bonchev–Trinajstić information content (AvgIpc) is 3.40. The lowest BCUT2D eigenvalue weighted by Crippen LogP contribution is -2.62. The number of nitrogens with zero attached hydrogens (tertiary/aromatic N) is 4. The minimum absolute atomic E-state index is 0.00614. The lowest BCUT2D eigenvalue weighted by atomic mass is 10.1. The normalized spacial score (nSPS) is 15.6. The Morgan fingerprint density at radius 3 is 2.38 bits per heavy atom. The molecule has 3 heterocycles. The van der Waals surface area contributed by atoms with Crippen molar-refractivity contribution in [3.63, 3.8) is 0 Å². The second-order valence-electron chi connectivity index (χ2n) is 10.3. The molecular weight excluding hydrogens is 520 g/mol. The van der Waals surface area contributed by atoms with Gasteiger partial charge in [0, 0.05) is 36.1 Å². The molecule has 1 aromatic carbocycles. The Morgan fingerprint density at radius 2 is 1.75 bits per heavy atom. The van der Waals surface area contributed by atoms with Gasteiger partial charge in [0.25, 0.3) is 5.95 Å². The Labute approximate surface area is 231 Å². The first-order chi connectivity index (χ1) is 18.9. The van der Waals surface area contributed by atoms with Gasteiger partial charge in [0.2, 0.25) is 23.5 Å². The molecular formula is C27H34N6O7. The van der Waals surface area contributed by atoms with Crippen molar-refractivity contribution in [2.24, 2.45) is 0 Å². The quantitative estimate of drug-likeness (QED) is 0.309. The number of carbonyl (C=O) groups excluding carboxylic acids is 3. The molecule has 2 amide bonds. The number of aromatic nitrogens is 2. The number of ketones is 1. The Hall–Kier alpha value is -4.55. The van der Waals surface area contributed by atoms with E-state index in [4.69, 9.17) is 24.4 Å². The second kappa shape index (κ2) is 11.3.